The zero-order valence-electron chi connectivity index (χ0n) is 12.8. The normalized spacial score (nSPS) is 12.1. The summed E-state index contributed by atoms with van der Waals surface area (Å²) in [4.78, 5) is 23.6. The van der Waals surface area contributed by atoms with Gasteiger partial charge in [0.05, 0.1) is 18.1 Å². The monoisotopic (exact) mass is 288 g/mol. The zero-order valence-corrected chi connectivity index (χ0v) is 12.8. The Morgan fingerprint density at radius 2 is 1.86 bits per heavy atom. The van der Waals surface area contributed by atoms with Crippen LogP contribution in [0.4, 0.5) is 5.69 Å². The first-order valence-corrected chi connectivity index (χ1v) is 6.72. The van der Waals surface area contributed by atoms with Gasteiger partial charge in [0.25, 0.3) is 5.91 Å². The number of rotatable bonds is 4. The smallest absolute Gasteiger partial charge is 0.307 e. The molecule has 0 saturated heterocycles. The molecule has 5 heteroatoms. The molecule has 0 saturated carbocycles. The van der Waals surface area contributed by atoms with E-state index in [4.69, 9.17) is 10.00 Å². The van der Waals surface area contributed by atoms with E-state index in [2.05, 4.69) is 5.32 Å². The van der Waals surface area contributed by atoms with E-state index in [9.17, 15) is 9.59 Å². The standard InChI is InChI=1S/C16H20N2O3/c1-11(21-14(19)9-16(2,3)4)15(20)18-13-7-5-12(10-17)6-8-13/h5-8,11H,9H2,1-4H3,(H,18,20)/t11-/m0/s1. The van der Waals surface area contributed by atoms with Gasteiger partial charge in [0.15, 0.2) is 6.10 Å². The number of hydrogen-bond donors (Lipinski definition) is 1. The molecular weight excluding hydrogens is 268 g/mol. The second kappa shape index (κ2) is 6.89. The van der Waals surface area contributed by atoms with E-state index in [1.807, 2.05) is 26.8 Å². The van der Waals surface area contributed by atoms with Crippen molar-refractivity contribution in [1.82, 2.24) is 0 Å². The molecule has 0 aliphatic carbocycles. The van der Waals surface area contributed by atoms with Gasteiger partial charge >= 0.3 is 5.97 Å². The average molecular weight is 288 g/mol. The third-order valence-electron chi connectivity index (χ3n) is 2.63. The zero-order chi connectivity index (χ0) is 16.0. The molecule has 1 N–H and O–H groups in total. The van der Waals surface area contributed by atoms with Gasteiger partial charge in [0.1, 0.15) is 0 Å². The van der Waals surface area contributed by atoms with Gasteiger partial charge < -0.3 is 10.1 Å². The lowest BCUT2D eigenvalue weighted by Gasteiger charge is -2.19. The van der Waals surface area contributed by atoms with Crippen molar-refractivity contribution in [2.45, 2.75) is 40.2 Å². The number of ether oxygens (including phenoxy) is 1. The minimum atomic E-state index is -0.865. The van der Waals surface area contributed by atoms with Gasteiger partial charge in [0, 0.05) is 5.69 Å². The largest absolute Gasteiger partial charge is 0.453 e. The van der Waals surface area contributed by atoms with Crippen LogP contribution in [0.5, 0.6) is 0 Å². The summed E-state index contributed by atoms with van der Waals surface area (Å²) >= 11 is 0. The molecule has 0 aliphatic heterocycles. The number of carbonyl (C=O) groups excluding carboxylic acids is 2. The molecule has 21 heavy (non-hydrogen) atoms. The number of amides is 1. The van der Waals surface area contributed by atoms with E-state index in [0.717, 1.165) is 0 Å². The highest BCUT2D eigenvalue weighted by molar-refractivity contribution is 5.95. The first-order chi connectivity index (χ1) is 9.71. The number of nitrogens with zero attached hydrogens (tertiary/aromatic N) is 1. The lowest BCUT2D eigenvalue weighted by atomic mass is 9.92. The summed E-state index contributed by atoms with van der Waals surface area (Å²) in [6.07, 6.45) is -0.614. The van der Waals surface area contributed by atoms with Crippen LogP contribution in [0.3, 0.4) is 0 Å². The summed E-state index contributed by atoms with van der Waals surface area (Å²) in [5.41, 5.74) is 0.885. The predicted molar refractivity (Wildman–Crippen MR) is 79.4 cm³/mol. The average Bonchev–Trinajstić information content (AvgIpc) is 2.37. The maximum absolute atomic E-state index is 11.9. The van der Waals surface area contributed by atoms with Gasteiger partial charge in [-0.25, -0.2) is 0 Å². The third kappa shape index (κ3) is 6.09. The molecule has 1 amide bonds. The van der Waals surface area contributed by atoms with Crippen molar-refractivity contribution in [3.63, 3.8) is 0 Å². The second-order valence-electron chi connectivity index (χ2n) is 6.05. The summed E-state index contributed by atoms with van der Waals surface area (Å²) in [5, 5.41) is 11.3. The predicted octanol–water partition coefficient (Wildman–Crippen LogP) is 2.86. The molecule has 0 heterocycles. The lowest BCUT2D eigenvalue weighted by Crippen LogP contribution is -2.31. The maximum Gasteiger partial charge on any atom is 0.307 e. The molecule has 1 rings (SSSR count). The number of nitriles is 1. The number of esters is 1. The van der Waals surface area contributed by atoms with Crippen molar-refractivity contribution in [3.05, 3.63) is 29.8 Å². The Bertz CT molecular complexity index is 550. The SMILES string of the molecule is C[C@H](OC(=O)CC(C)(C)C)C(=O)Nc1ccc(C#N)cc1. The summed E-state index contributed by atoms with van der Waals surface area (Å²) in [6.45, 7) is 7.31. The molecule has 0 radical (unpaired) electrons. The van der Waals surface area contributed by atoms with Crippen molar-refractivity contribution in [3.8, 4) is 6.07 Å². The number of nitrogens with one attached hydrogen (secondary N) is 1. The number of carbonyl (C=O) groups is 2. The van der Waals surface area contributed by atoms with E-state index in [1.165, 1.54) is 6.92 Å². The number of hydrogen-bond acceptors (Lipinski definition) is 4. The Labute approximate surface area is 124 Å². The van der Waals surface area contributed by atoms with E-state index >= 15 is 0 Å². The van der Waals surface area contributed by atoms with Crippen LogP contribution in [0.1, 0.15) is 39.7 Å². The molecule has 1 aromatic rings. The van der Waals surface area contributed by atoms with E-state index in [0.29, 0.717) is 11.3 Å². The van der Waals surface area contributed by atoms with Gasteiger partial charge in [-0.15, -0.1) is 0 Å². The van der Waals surface area contributed by atoms with E-state index < -0.39 is 18.0 Å². The van der Waals surface area contributed by atoms with E-state index in [1.54, 1.807) is 24.3 Å². The highest BCUT2D eigenvalue weighted by atomic mass is 16.5. The van der Waals surface area contributed by atoms with Gasteiger partial charge in [-0.2, -0.15) is 5.26 Å². The Morgan fingerprint density at radius 1 is 1.29 bits per heavy atom. The fourth-order valence-electron chi connectivity index (χ4n) is 1.60. The fraction of sp³-hybridized carbons (Fsp3) is 0.438. The summed E-state index contributed by atoms with van der Waals surface area (Å²) in [5.74, 6) is -0.799. The van der Waals surface area contributed by atoms with Crippen LogP contribution in [-0.4, -0.2) is 18.0 Å². The van der Waals surface area contributed by atoms with Crippen LogP contribution < -0.4 is 5.32 Å². The highest BCUT2D eigenvalue weighted by Crippen LogP contribution is 2.19. The van der Waals surface area contributed by atoms with Crippen LogP contribution >= 0.6 is 0 Å². The number of anilines is 1. The van der Waals surface area contributed by atoms with Gasteiger partial charge in [0.2, 0.25) is 0 Å². The van der Waals surface area contributed by atoms with Crippen LogP contribution in [-0.2, 0) is 14.3 Å². The molecule has 0 unspecified atom stereocenters. The van der Waals surface area contributed by atoms with Gasteiger partial charge in [-0.1, -0.05) is 20.8 Å². The Morgan fingerprint density at radius 3 is 2.33 bits per heavy atom. The summed E-state index contributed by atoms with van der Waals surface area (Å²) < 4.78 is 5.10. The Hall–Kier alpha value is -2.35. The molecule has 1 aromatic carbocycles. The highest BCUT2D eigenvalue weighted by Gasteiger charge is 2.22. The number of benzene rings is 1. The van der Waals surface area contributed by atoms with Crippen LogP contribution in [0.15, 0.2) is 24.3 Å². The molecule has 5 nitrogen and oxygen atoms in total. The van der Waals surface area contributed by atoms with Gasteiger partial charge in [-0.05, 0) is 36.6 Å². The third-order valence-corrected chi connectivity index (χ3v) is 2.63. The minimum Gasteiger partial charge on any atom is -0.453 e. The van der Waals surface area contributed by atoms with Crippen molar-refractivity contribution < 1.29 is 14.3 Å². The maximum atomic E-state index is 11.9. The molecule has 112 valence electrons. The summed E-state index contributed by atoms with van der Waals surface area (Å²) in [6, 6.07) is 8.45. The molecule has 1 atom stereocenters. The molecule has 0 bridgehead atoms. The van der Waals surface area contributed by atoms with Crippen molar-refractivity contribution >= 4 is 17.6 Å². The van der Waals surface area contributed by atoms with Crippen LogP contribution in [0.2, 0.25) is 0 Å². The quantitative estimate of drug-likeness (QED) is 0.864. The van der Waals surface area contributed by atoms with Gasteiger partial charge in [-0.3, -0.25) is 9.59 Å². The first-order valence-electron chi connectivity index (χ1n) is 6.72. The molecule has 0 fully saturated rings. The van der Waals surface area contributed by atoms with Crippen molar-refractivity contribution in [2.24, 2.45) is 5.41 Å². The van der Waals surface area contributed by atoms with E-state index in [-0.39, 0.29) is 11.8 Å². The van der Waals surface area contributed by atoms with Crippen LogP contribution in [0.25, 0.3) is 0 Å². The first kappa shape index (κ1) is 16.7. The van der Waals surface area contributed by atoms with Crippen molar-refractivity contribution in [2.75, 3.05) is 5.32 Å². The van der Waals surface area contributed by atoms with Crippen LogP contribution in [0, 0.1) is 16.7 Å². The molecule has 0 aliphatic rings. The fourth-order valence-corrected chi connectivity index (χ4v) is 1.60. The second-order valence-corrected chi connectivity index (χ2v) is 6.05. The topological polar surface area (TPSA) is 79.2 Å². The molecular formula is C16H20N2O3. The van der Waals surface area contributed by atoms with Crippen molar-refractivity contribution in [1.29, 1.82) is 5.26 Å². The summed E-state index contributed by atoms with van der Waals surface area (Å²) in [7, 11) is 0. The Balaban J connectivity index is 2.54. The Kier molecular flexibility index (Phi) is 5.48. The lowest BCUT2D eigenvalue weighted by molar-refractivity contribution is -0.154. The molecule has 0 spiro atoms. The molecule has 0 aromatic heterocycles. The minimum absolute atomic E-state index is 0.180.